The van der Waals surface area contributed by atoms with Crippen molar-refractivity contribution in [3.63, 3.8) is 0 Å². The Hall–Kier alpha value is -3.65. The number of nitrogens with zero attached hydrogens (tertiary/aromatic N) is 2. The fourth-order valence-corrected chi connectivity index (χ4v) is 3.82. The predicted molar refractivity (Wildman–Crippen MR) is 115 cm³/mol. The first-order valence-electron chi connectivity index (χ1n) is 9.12. The number of nitrogens with one attached hydrogen (secondary N) is 1. The topological polar surface area (TPSA) is 86.5 Å². The zero-order valence-corrected chi connectivity index (χ0v) is 17.4. The van der Waals surface area contributed by atoms with Crippen molar-refractivity contribution in [1.82, 2.24) is 10.1 Å². The number of amides is 1. The molecular formula is C22H19N3O4S. The van der Waals surface area contributed by atoms with Crippen LogP contribution in [-0.4, -0.2) is 30.3 Å². The molecule has 0 bridgehead atoms. The molecule has 0 spiro atoms. The number of anilines is 1. The van der Waals surface area contributed by atoms with Crippen LogP contribution in [0.1, 0.15) is 15.4 Å². The van der Waals surface area contributed by atoms with Crippen LogP contribution in [0.15, 0.2) is 59.1 Å². The van der Waals surface area contributed by atoms with Gasteiger partial charge in [0.25, 0.3) is 5.91 Å². The molecule has 30 heavy (non-hydrogen) atoms. The lowest BCUT2D eigenvalue weighted by molar-refractivity contribution is 0.0988. The van der Waals surface area contributed by atoms with E-state index in [9.17, 15) is 4.79 Å². The number of thiazole rings is 1. The molecule has 0 aliphatic carbocycles. The summed E-state index contributed by atoms with van der Waals surface area (Å²) in [7, 11) is 3.17. The Morgan fingerprint density at radius 3 is 2.50 bits per heavy atom. The Kier molecular flexibility index (Phi) is 5.49. The third-order valence-electron chi connectivity index (χ3n) is 4.48. The number of aryl methyl sites for hydroxylation is 1. The third-order valence-corrected chi connectivity index (χ3v) is 5.36. The monoisotopic (exact) mass is 421 g/mol. The van der Waals surface area contributed by atoms with E-state index >= 15 is 0 Å². The van der Waals surface area contributed by atoms with Crippen molar-refractivity contribution in [2.75, 3.05) is 19.5 Å². The number of aromatic nitrogens is 2. The van der Waals surface area contributed by atoms with Crippen LogP contribution in [-0.2, 0) is 0 Å². The molecule has 2 aromatic carbocycles. The Balaban J connectivity index is 1.54. The van der Waals surface area contributed by atoms with Crippen molar-refractivity contribution >= 4 is 22.4 Å². The van der Waals surface area contributed by atoms with Crippen LogP contribution in [0.4, 0.5) is 5.13 Å². The van der Waals surface area contributed by atoms with E-state index in [1.165, 1.54) is 11.3 Å². The Morgan fingerprint density at radius 2 is 1.77 bits per heavy atom. The molecule has 0 unspecified atom stereocenters. The molecule has 8 heteroatoms. The third kappa shape index (κ3) is 3.90. The van der Waals surface area contributed by atoms with Gasteiger partial charge in [-0.1, -0.05) is 35.5 Å². The highest BCUT2D eigenvalue weighted by atomic mass is 32.1. The maximum atomic E-state index is 12.6. The number of ether oxygens (including phenoxy) is 2. The molecule has 2 aromatic heterocycles. The molecule has 2 heterocycles. The molecule has 152 valence electrons. The van der Waals surface area contributed by atoms with E-state index in [0.29, 0.717) is 22.3 Å². The van der Waals surface area contributed by atoms with Gasteiger partial charge in [-0.05, 0) is 25.1 Å². The van der Waals surface area contributed by atoms with E-state index in [2.05, 4.69) is 15.5 Å². The first-order valence-corrected chi connectivity index (χ1v) is 9.94. The second-order valence-corrected chi connectivity index (χ2v) is 7.59. The van der Waals surface area contributed by atoms with Gasteiger partial charge < -0.3 is 14.0 Å². The quantitative estimate of drug-likeness (QED) is 0.469. The standard InChI is InChI=1S/C22H19N3O4S/c1-13-20(15-9-10-17(27-2)18(11-15)28-3)23-22(30-13)24-21(26)19-12-16(25-29-19)14-7-5-4-6-8-14/h4-12H,1-3H3,(H,23,24,26). The van der Waals surface area contributed by atoms with Gasteiger partial charge >= 0.3 is 0 Å². The van der Waals surface area contributed by atoms with Crippen LogP contribution in [0.3, 0.4) is 0 Å². The van der Waals surface area contributed by atoms with Gasteiger partial charge in [0.15, 0.2) is 16.6 Å². The SMILES string of the molecule is COc1ccc(-c2nc(NC(=O)c3cc(-c4ccccc4)no3)sc2C)cc1OC. The number of hydrogen-bond donors (Lipinski definition) is 1. The van der Waals surface area contributed by atoms with Crippen molar-refractivity contribution in [3.8, 4) is 34.0 Å². The zero-order valence-electron chi connectivity index (χ0n) is 16.6. The Labute approximate surface area is 177 Å². The smallest absolute Gasteiger partial charge is 0.296 e. The highest BCUT2D eigenvalue weighted by Gasteiger charge is 2.18. The number of carbonyl (C=O) groups is 1. The van der Waals surface area contributed by atoms with Gasteiger partial charge in [-0.25, -0.2) is 4.98 Å². The zero-order chi connectivity index (χ0) is 21.1. The van der Waals surface area contributed by atoms with Crippen LogP contribution in [0, 0.1) is 6.92 Å². The van der Waals surface area contributed by atoms with Gasteiger partial charge in [0, 0.05) is 22.1 Å². The van der Waals surface area contributed by atoms with Crippen molar-refractivity contribution in [3.05, 3.63) is 65.2 Å². The molecule has 0 radical (unpaired) electrons. The van der Waals surface area contributed by atoms with E-state index in [1.807, 2.05) is 55.5 Å². The predicted octanol–water partition coefficient (Wildman–Crippen LogP) is 5.04. The minimum atomic E-state index is -0.405. The Morgan fingerprint density at radius 1 is 1.00 bits per heavy atom. The minimum absolute atomic E-state index is 0.120. The number of carbonyl (C=O) groups excluding carboxylic acids is 1. The molecule has 4 rings (SSSR count). The first-order chi connectivity index (χ1) is 14.6. The van der Waals surface area contributed by atoms with E-state index in [4.69, 9.17) is 14.0 Å². The van der Waals surface area contributed by atoms with E-state index in [0.717, 1.165) is 21.7 Å². The second kappa shape index (κ2) is 8.38. The van der Waals surface area contributed by atoms with Crippen LogP contribution >= 0.6 is 11.3 Å². The van der Waals surface area contributed by atoms with Crippen LogP contribution < -0.4 is 14.8 Å². The van der Waals surface area contributed by atoms with Gasteiger partial charge in [0.05, 0.1) is 19.9 Å². The fraction of sp³-hybridized carbons (Fsp3) is 0.136. The highest BCUT2D eigenvalue weighted by molar-refractivity contribution is 7.16. The molecule has 4 aromatic rings. The van der Waals surface area contributed by atoms with Crippen molar-refractivity contribution < 1.29 is 18.8 Å². The van der Waals surface area contributed by atoms with E-state index < -0.39 is 5.91 Å². The largest absolute Gasteiger partial charge is 0.493 e. The minimum Gasteiger partial charge on any atom is -0.493 e. The molecule has 0 atom stereocenters. The van der Waals surface area contributed by atoms with Gasteiger partial charge in [-0.2, -0.15) is 0 Å². The summed E-state index contributed by atoms with van der Waals surface area (Å²) in [6, 6.07) is 16.7. The molecule has 7 nitrogen and oxygen atoms in total. The summed E-state index contributed by atoms with van der Waals surface area (Å²) in [5.74, 6) is 0.969. The van der Waals surface area contributed by atoms with Crippen molar-refractivity contribution in [2.45, 2.75) is 6.92 Å². The van der Waals surface area contributed by atoms with E-state index in [1.54, 1.807) is 20.3 Å². The average molecular weight is 421 g/mol. The van der Waals surface area contributed by atoms with Crippen LogP contribution in [0.25, 0.3) is 22.5 Å². The highest BCUT2D eigenvalue weighted by Crippen LogP contribution is 2.36. The summed E-state index contributed by atoms with van der Waals surface area (Å²) < 4.78 is 15.9. The second-order valence-electron chi connectivity index (χ2n) is 6.39. The molecule has 0 fully saturated rings. The van der Waals surface area contributed by atoms with Crippen molar-refractivity contribution in [1.29, 1.82) is 0 Å². The van der Waals surface area contributed by atoms with Crippen molar-refractivity contribution in [2.24, 2.45) is 0 Å². The molecule has 0 saturated carbocycles. The molecule has 0 saturated heterocycles. The fourth-order valence-electron chi connectivity index (χ4n) is 2.99. The summed E-state index contributed by atoms with van der Waals surface area (Å²) >= 11 is 1.38. The van der Waals surface area contributed by atoms with E-state index in [-0.39, 0.29) is 5.76 Å². The number of methoxy groups -OCH3 is 2. The Bertz CT molecular complexity index is 1180. The lowest BCUT2D eigenvalue weighted by Gasteiger charge is -2.08. The molecule has 0 aliphatic heterocycles. The lowest BCUT2D eigenvalue weighted by atomic mass is 10.1. The summed E-state index contributed by atoms with van der Waals surface area (Å²) in [5.41, 5.74) is 3.11. The molecule has 0 aliphatic rings. The maximum absolute atomic E-state index is 12.6. The molecular weight excluding hydrogens is 402 g/mol. The van der Waals surface area contributed by atoms with Gasteiger partial charge in [-0.3, -0.25) is 10.1 Å². The first kappa shape index (κ1) is 19.7. The number of hydrogen-bond acceptors (Lipinski definition) is 7. The molecule has 1 N–H and O–H groups in total. The number of rotatable bonds is 6. The summed E-state index contributed by atoms with van der Waals surface area (Å²) in [5, 5.41) is 7.23. The average Bonchev–Trinajstić information content (AvgIpc) is 3.41. The van der Waals surface area contributed by atoms with Gasteiger partial charge in [0.2, 0.25) is 5.76 Å². The van der Waals surface area contributed by atoms with Gasteiger partial charge in [0.1, 0.15) is 5.69 Å². The number of benzene rings is 2. The maximum Gasteiger partial charge on any atom is 0.296 e. The summed E-state index contributed by atoms with van der Waals surface area (Å²) in [6.45, 7) is 1.95. The summed E-state index contributed by atoms with van der Waals surface area (Å²) in [6.07, 6.45) is 0. The van der Waals surface area contributed by atoms with Crippen LogP contribution in [0.2, 0.25) is 0 Å². The van der Waals surface area contributed by atoms with Crippen LogP contribution in [0.5, 0.6) is 11.5 Å². The van der Waals surface area contributed by atoms with Gasteiger partial charge in [-0.15, -0.1) is 11.3 Å². The lowest BCUT2D eigenvalue weighted by Crippen LogP contribution is -2.10. The normalized spacial score (nSPS) is 10.6. The summed E-state index contributed by atoms with van der Waals surface area (Å²) in [4.78, 5) is 18.1. The molecule has 1 amide bonds.